The van der Waals surface area contributed by atoms with Gasteiger partial charge in [0.15, 0.2) is 0 Å². The van der Waals surface area contributed by atoms with Crippen molar-refractivity contribution < 1.29 is 0 Å². The monoisotopic (exact) mass is 349 g/mol. The highest BCUT2D eigenvalue weighted by molar-refractivity contribution is 9.10. The van der Waals surface area contributed by atoms with E-state index in [-0.39, 0.29) is 5.56 Å². The molecule has 0 fully saturated rings. The molecular weight excluding hydrogens is 334 g/mol. The molecule has 2 heterocycles. The first-order chi connectivity index (χ1) is 10.1. The zero-order valence-corrected chi connectivity index (χ0v) is 13.4. The number of rotatable bonds is 4. The summed E-state index contributed by atoms with van der Waals surface area (Å²) in [4.78, 5) is 22.1. The Morgan fingerprint density at radius 3 is 3.00 bits per heavy atom. The van der Waals surface area contributed by atoms with Crippen molar-refractivity contribution in [3.8, 4) is 0 Å². The molecule has 110 valence electrons. The molecule has 0 saturated heterocycles. The smallest absolute Gasteiger partial charge is 0.296 e. The van der Waals surface area contributed by atoms with Gasteiger partial charge in [0, 0.05) is 28.5 Å². The van der Waals surface area contributed by atoms with E-state index >= 15 is 0 Å². The maximum atomic E-state index is 12.5. The number of H-pyrrole nitrogens is 1. The van der Waals surface area contributed by atoms with Crippen molar-refractivity contribution >= 4 is 37.9 Å². The van der Waals surface area contributed by atoms with E-state index in [1.165, 1.54) is 11.0 Å². The lowest BCUT2D eigenvalue weighted by Gasteiger charge is -2.12. The van der Waals surface area contributed by atoms with Gasteiger partial charge in [-0.3, -0.25) is 4.79 Å². The molecule has 0 bridgehead atoms. The van der Waals surface area contributed by atoms with Crippen LogP contribution in [-0.4, -0.2) is 46.7 Å². The summed E-state index contributed by atoms with van der Waals surface area (Å²) in [6.45, 7) is 1.51. The number of likely N-dealkylation sites (N-methyl/N-ethyl adjacent to an activating group) is 1. The van der Waals surface area contributed by atoms with E-state index in [1.54, 1.807) is 0 Å². The number of hydrogen-bond donors (Lipinski definition) is 2. The molecule has 0 atom stereocenters. The Balaban J connectivity index is 2.04. The first-order valence-electron chi connectivity index (χ1n) is 6.63. The minimum Gasteiger partial charge on any atom is -0.349 e. The van der Waals surface area contributed by atoms with Crippen molar-refractivity contribution in [3.63, 3.8) is 0 Å². The average Bonchev–Trinajstić information content (AvgIpc) is 2.80. The number of nitrogens with zero attached hydrogens (tertiary/aromatic N) is 3. The first-order valence-corrected chi connectivity index (χ1v) is 7.43. The second-order valence-electron chi connectivity index (χ2n) is 5.17. The van der Waals surface area contributed by atoms with Crippen molar-refractivity contribution in [2.75, 3.05) is 32.6 Å². The van der Waals surface area contributed by atoms with Gasteiger partial charge >= 0.3 is 0 Å². The van der Waals surface area contributed by atoms with Crippen LogP contribution in [0.3, 0.4) is 0 Å². The molecular formula is C14H16BrN5O. The van der Waals surface area contributed by atoms with Gasteiger partial charge in [-0.1, -0.05) is 15.9 Å². The molecule has 0 saturated carbocycles. The quantitative estimate of drug-likeness (QED) is 0.752. The van der Waals surface area contributed by atoms with Crippen LogP contribution in [0.2, 0.25) is 0 Å². The van der Waals surface area contributed by atoms with Crippen LogP contribution in [0.25, 0.3) is 21.9 Å². The van der Waals surface area contributed by atoms with E-state index in [2.05, 4.69) is 31.3 Å². The Kier molecular flexibility index (Phi) is 3.69. The normalized spacial score (nSPS) is 11.6. The van der Waals surface area contributed by atoms with Gasteiger partial charge in [-0.05, 0) is 32.3 Å². The molecule has 2 N–H and O–H groups in total. The topological polar surface area (TPSA) is 66.0 Å². The Labute approximate surface area is 129 Å². The third-order valence-electron chi connectivity index (χ3n) is 3.31. The van der Waals surface area contributed by atoms with E-state index in [9.17, 15) is 4.79 Å². The summed E-state index contributed by atoms with van der Waals surface area (Å²) in [5.74, 6) is 0. The lowest BCUT2D eigenvalue weighted by atomic mass is 10.2. The molecule has 0 amide bonds. The lowest BCUT2D eigenvalue weighted by molar-refractivity contribution is 0.419. The third kappa shape index (κ3) is 2.66. The number of hydrogen-bond acceptors (Lipinski definition) is 4. The summed E-state index contributed by atoms with van der Waals surface area (Å²) >= 11 is 3.44. The number of aromatic nitrogens is 3. The SMILES string of the molecule is CN(C)CCNn1cnc2c([nH]c3ccc(Br)cc32)c1=O. The number of fused-ring (bicyclic) bond motifs is 3. The molecule has 0 aliphatic rings. The second kappa shape index (κ2) is 5.50. The molecule has 0 radical (unpaired) electrons. The standard InChI is InChI=1S/C14H16BrN5O/c1-19(2)6-5-17-20-8-16-12-10-7-9(15)3-4-11(10)18-13(12)14(20)21/h3-4,7-8,17-18H,5-6H2,1-2H3. The van der Waals surface area contributed by atoms with Gasteiger partial charge in [0.25, 0.3) is 5.56 Å². The van der Waals surface area contributed by atoms with Gasteiger partial charge in [-0.25, -0.2) is 9.66 Å². The largest absolute Gasteiger partial charge is 0.349 e. The van der Waals surface area contributed by atoms with Gasteiger partial charge in [-0.2, -0.15) is 0 Å². The zero-order chi connectivity index (χ0) is 15.0. The highest BCUT2D eigenvalue weighted by Crippen LogP contribution is 2.24. The predicted molar refractivity (Wildman–Crippen MR) is 88.3 cm³/mol. The maximum absolute atomic E-state index is 12.5. The van der Waals surface area contributed by atoms with Crippen molar-refractivity contribution in [1.29, 1.82) is 0 Å². The highest BCUT2D eigenvalue weighted by atomic mass is 79.9. The van der Waals surface area contributed by atoms with E-state index in [1.807, 2.05) is 37.2 Å². The molecule has 6 nitrogen and oxygen atoms in total. The van der Waals surface area contributed by atoms with E-state index in [4.69, 9.17) is 0 Å². The molecule has 21 heavy (non-hydrogen) atoms. The predicted octanol–water partition coefficient (Wildman–Crippen LogP) is 1.75. The average molecular weight is 350 g/mol. The van der Waals surface area contributed by atoms with Gasteiger partial charge in [0.2, 0.25) is 0 Å². The zero-order valence-electron chi connectivity index (χ0n) is 11.9. The Morgan fingerprint density at radius 1 is 1.43 bits per heavy atom. The Hall–Kier alpha value is -1.86. The Bertz CT molecular complexity index is 852. The lowest BCUT2D eigenvalue weighted by Crippen LogP contribution is -2.33. The number of halogens is 1. The fourth-order valence-corrected chi connectivity index (χ4v) is 2.59. The molecule has 3 aromatic rings. The molecule has 0 aliphatic heterocycles. The third-order valence-corrected chi connectivity index (χ3v) is 3.80. The van der Waals surface area contributed by atoms with Crippen LogP contribution < -0.4 is 11.0 Å². The van der Waals surface area contributed by atoms with Crippen LogP contribution in [0.4, 0.5) is 0 Å². The molecule has 3 rings (SSSR count). The number of nitrogens with one attached hydrogen (secondary N) is 2. The highest BCUT2D eigenvalue weighted by Gasteiger charge is 2.10. The van der Waals surface area contributed by atoms with Gasteiger partial charge in [-0.15, -0.1) is 0 Å². The first kappa shape index (κ1) is 14.1. The maximum Gasteiger partial charge on any atom is 0.296 e. The van der Waals surface area contributed by atoms with Crippen LogP contribution in [0.1, 0.15) is 0 Å². The summed E-state index contributed by atoms with van der Waals surface area (Å²) in [5, 5.41) is 0.942. The molecule has 1 aromatic carbocycles. The van der Waals surface area contributed by atoms with Crippen molar-refractivity contribution in [2.24, 2.45) is 0 Å². The van der Waals surface area contributed by atoms with E-state index < -0.39 is 0 Å². The fourth-order valence-electron chi connectivity index (χ4n) is 2.23. The van der Waals surface area contributed by atoms with E-state index in [0.29, 0.717) is 17.6 Å². The molecule has 7 heteroatoms. The number of aromatic amines is 1. The number of benzene rings is 1. The minimum atomic E-state index is -0.119. The van der Waals surface area contributed by atoms with Gasteiger partial charge < -0.3 is 15.3 Å². The van der Waals surface area contributed by atoms with Crippen molar-refractivity contribution in [1.82, 2.24) is 19.5 Å². The van der Waals surface area contributed by atoms with Crippen LogP contribution in [0.15, 0.2) is 33.8 Å². The Morgan fingerprint density at radius 2 is 2.24 bits per heavy atom. The van der Waals surface area contributed by atoms with Gasteiger partial charge in [0.05, 0.1) is 0 Å². The van der Waals surface area contributed by atoms with Crippen molar-refractivity contribution in [3.05, 3.63) is 39.4 Å². The summed E-state index contributed by atoms with van der Waals surface area (Å²) in [5.41, 5.74) is 5.06. The van der Waals surface area contributed by atoms with Gasteiger partial charge in [0.1, 0.15) is 17.4 Å². The molecule has 0 aliphatic carbocycles. The second-order valence-corrected chi connectivity index (χ2v) is 6.09. The minimum absolute atomic E-state index is 0.119. The van der Waals surface area contributed by atoms with Crippen LogP contribution >= 0.6 is 15.9 Å². The van der Waals surface area contributed by atoms with Crippen LogP contribution in [0.5, 0.6) is 0 Å². The summed E-state index contributed by atoms with van der Waals surface area (Å²) in [6.07, 6.45) is 1.54. The summed E-state index contributed by atoms with van der Waals surface area (Å²) in [6, 6.07) is 5.83. The fraction of sp³-hybridized carbons (Fsp3) is 0.286. The van der Waals surface area contributed by atoms with Crippen LogP contribution in [0, 0.1) is 0 Å². The summed E-state index contributed by atoms with van der Waals surface area (Å²) < 4.78 is 2.39. The van der Waals surface area contributed by atoms with Crippen molar-refractivity contribution in [2.45, 2.75) is 0 Å². The molecule has 2 aromatic heterocycles. The summed E-state index contributed by atoms with van der Waals surface area (Å²) in [7, 11) is 3.98. The van der Waals surface area contributed by atoms with Crippen LogP contribution in [-0.2, 0) is 0 Å². The van der Waals surface area contributed by atoms with E-state index in [0.717, 1.165) is 21.9 Å². The molecule has 0 unspecified atom stereocenters. The molecule has 0 spiro atoms.